The Hall–Kier alpha value is -3.22. The van der Waals surface area contributed by atoms with E-state index in [-0.39, 0.29) is 5.82 Å². The highest BCUT2D eigenvalue weighted by Crippen LogP contribution is 2.25. The van der Waals surface area contributed by atoms with Gasteiger partial charge in [0.25, 0.3) is 0 Å². The highest BCUT2D eigenvalue weighted by atomic mass is 19.1. The zero-order valence-corrected chi connectivity index (χ0v) is 16.8. The summed E-state index contributed by atoms with van der Waals surface area (Å²) < 4.78 is 14.1. The molecule has 0 saturated carbocycles. The second kappa shape index (κ2) is 8.43. The molecule has 6 nitrogen and oxygen atoms in total. The molecule has 0 amide bonds. The molecule has 1 fully saturated rings. The number of nitrogens with zero attached hydrogens (tertiary/aromatic N) is 5. The first-order valence-corrected chi connectivity index (χ1v) is 9.95. The molecule has 0 atom stereocenters. The first kappa shape index (κ1) is 19.1. The van der Waals surface area contributed by atoms with Crippen molar-refractivity contribution in [3.8, 4) is 0 Å². The maximum absolute atomic E-state index is 14.1. The smallest absolute Gasteiger partial charge is 0.247 e. The van der Waals surface area contributed by atoms with Crippen molar-refractivity contribution in [1.82, 2.24) is 15.2 Å². The molecule has 4 rings (SSSR count). The van der Waals surface area contributed by atoms with E-state index in [4.69, 9.17) is 0 Å². The second-order valence-corrected chi connectivity index (χ2v) is 7.15. The standard InChI is InChI=1S/C22H25FN6/c1-3-17-8-6-7-16(2)21(17)25-20-15-24-27-22(26-20)29-13-11-28(12-14-29)19-10-5-4-9-18(19)23/h4-10,15H,3,11-14H2,1-2H3,(H,25,26,27). The summed E-state index contributed by atoms with van der Waals surface area (Å²) in [4.78, 5) is 8.82. The molecule has 3 aromatic rings. The van der Waals surface area contributed by atoms with E-state index in [1.165, 1.54) is 17.2 Å². The number of benzene rings is 2. The fourth-order valence-electron chi connectivity index (χ4n) is 3.67. The molecule has 1 aromatic heterocycles. The van der Waals surface area contributed by atoms with Crippen LogP contribution in [0, 0.1) is 12.7 Å². The quantitative estimate of drug-likeness (QED) is 0.710. The lowest BCUT2D eigenvalue weighted by Crippen LogP contribution is -2.47. The first-order chi connectivity index (χ1) is 14.2. The van der Waals surface area contributed by atoms with Gasteiger partial charge in [-0.3, -0.25) is 0 Å². The van der Waals surface area contributed by atoms with E-state index in [0.717, 1.165) is 12.1 Å². The van der Waals surface area contributed by atoms with Crippen LogP contribution in [0.15, 0.2) is 48.7 Å². The minimum absolute atomic E-state index is 0.185. The first-order valence-electron chi connectivity index (χ1n) is 9.95. The third kappa shape index (κ3) is 4.13. The topological polar surface area (TPSA) is 57.2 Å². The zero-order chi connectivity index (χ0) is 20.2. The number of aromatic nitrogens is 3. The number of nitrogens with one attached hydrogen (secondary N) is 1. The normalized spacial score (nSPS) is 14.2. The Morgan fingerprint density at radius 1 is 1.00 bits per heavy atom. The Kier molecular flexibility index (Phi) is 5.55. The summed E-state index contributed by atoms with van der Waals surface area (Å²) in [6.07, 6.45) is 2.58. The van der Waals surface area contributed by atoms with Gasteiger partial charge in [0, 0.05) is 31.9 Å². The van der Waals surface area contributed by atoms with Crippen molar-refractivity contribution in [2.45, 2.75) is 20.3 Å². The minimum Gasteiger partial charge on any atom is -0.366 e. The van der Waals surface area contributed by atoms with Gasteiger partial charge in [0.1, 0.15) is 5.82 Å². The molecule has 0 radical (unpaired) electrons. The van der Waals surface area contributed by atoms with Gasteiger partial charge in [-0.15, -0.1) is 5.10 Å². The van der Waals surface area contributed by atoms with Crippen LogP contribution in [-0.2, 0) is 6.42 Å². The van der Waals surface area contributed by atoms with Crippen LogP contribution >= 0.6 is 0 Å². The van der Waals surface area contributed by atoms with Gasteiger partial charge >= 0.3 is 0 Å². The van der Waals surface area contributed by atoms with Crippen molar-refractivity contribution in [1.29, 1.82) is 0 Å². The molecule has 2 heterocycles. The summed E-state index contributed by atoms with van der Waals surface area (Å²) in [6, 6.07) is 13.2. The van der Waals surface area contributed by atoms with Crippen LogP contribution < -0.4 is 15.1 Å². The summed E-state index contributed by atoms with van der Waals surface area (Å²) in [5.74, 6) is 1.08. The summed E-state index contributed by atoms with van der Waals surface area (Å²) in [5, 5.41) is 11.8. The molecule has 0 aliphatic carbocycles. The highest BCUT2D eigenvalue weighted by molar-refractivity contribution is 5.65. The van der Waals surface area contributed by atoms with Gasteiger partial charge in [0.15, 0.2) is 5.82 Å². The molecule has 150 valence electrons. The summed E-state index contributed by atoms with van der Waals surface area (Å²) in [6.45, 7) is 7.06. The van der Waals surface area contributed by atoms with Gasteiger partial charge in [0.05, 0.1) is 11.9 Å². The molecule has 7 heteroatoms. The van der Waals surface area contributed by atoms with E-state index in [0.29, 0.717) is 43.6 Å². The van der Waals surface area contributed by atoms with E-state index in [1.807, 2.05) is 12.1 Å². The number of rotatable bonds is 5. The van der Waals surface area contributed by atoms with E-state index in [2.05, 4.69) is 62.3 Å². The van der Waals surface area contributed by atoms with Gasteiger partial charge < -0.3 is 15.1 Å². The molecule has 2 aromatic carbocycles. The van der Waals surface area contributed by atoms with Gasteiger partial charge in [-0.25, -0.2) is 4.39 Å². The number of aryl methyl sites for hydroxylation is 2. The molecule has 0 bridgehead atoms. The number of hydrogen-bond acceptors (Lipinski definition) is 6. The molecular formula is C22H25FN6. The Morgan fingerprint density at radius 3 is 2.52 bits per heavy atom. The molecule has 1 saturated heterocycles. The van der Waals surface area contributed by atoms with Crippen molar-refractivity contribution in [3.63, 3.8) is 0 Å². The number of para-hydroxylation sites is 2. The number of piperazine rings is 1. The highest BCUT2D eigenvalue weighted by Gasteiger charge is 2.21. The number of hydrogen-bond donors (Lipinski definition) is 1. The van der Waals surface area contributed by atoms with E-state index in [9.17, 15) is 4.39 Å². The Labute approximate surface area is 170 Å². The summed E-state index contributed by atoms with van der Waals surface area (Å²) >= 11 is 0. The van der Waals surface area contributed by atoms with Gasteiger partial charge in [-0.05, 0) is 36.6 Å². The van der Waals surface area contributed by atoms with E-state index >= 15 is 0 Å². The Morgan fingerprint density at radius 2 is 1.76 bits per heavy atom. The molecule has 1 N–H and O–H groups in total. The van der Waals surface area contributed by atoms with Gasteiger partial charge in [-0.1, -0.05) is 37.3 Å². The maximum atomic E-state index is 14.1. The average Bonchev–Trinajstić information content (AvgIpc) is 2.76. The fourth-order valence-corrected chi connectivity index (χ4v) is 3.67. The molecule has 1 aliphatic rings. The molecule has 29 heavy (non-hydrogen) atoms. The Bertz CT molecular complexity index is 985. The lowest BCUT2D eigenvalue weighted by molar-refractivity contribution is 0.592. The van der Waals surface area contributed by atoms with Crippen molar-refractivity contribution in [2.24, 2.45) is 0 Å². The van der Waals surface area contributed by atoms with Crippen molar-refractivity contribution in [2.75, 3.05) is 41.3 Å². The van der Waals surface area contributed by atoms with Crippen LogP contribution in [0.25, 0.3) is 0 Å². The van der Waals surface area contributed by atoms with Crippen molar-refractivity contribution < 1.29 is 4.39 Å². The number of halogens is 1. The van der Waals surface area contributed by atoms with E-state index < -0.39 is 0 Å². The van der Waals surface area contributed by atoms with Gasteiger partial charge in [0.2, 0.25) is 5.95 Å². The molecular weight excluding hydrogens is 367 g/mol. The van der Waals surface area contributed by atoms with E-state index in [1.54, 1.807) is 12.3 Å². The second-order valence-electron chi connectivity index (χ2n) is 7.15. The number of anilines is 4. The van der Waals surface area contributed by atoms with Gasteiger partial charge in [-0.2, -0.15) is 10.1 Å². The SMILES string of the molecule is CCc1cccc(C)c1Nc1cnnc(N2CCN(c3ccccc3F)CC2)n1. The van der Waals surface area contributed by atoms with Crippen LogP contribution in [0.2, 0.25) is 0 Å². The fraction of sp³-hybridized carbons (Fsp3) is 0.318. The zero-order valence-electron chi connectivity index (χ0n) is 16.8. The molecule has 0 spiro atoms. The largest absolute Gasteiger partial charge is 0.366 e. The lowest BCUT2D eigenvalue weighted by atomic mass is 10.1. The van der Waals surface area contributed by atoms with Crippen LogP contribution in [0.1, 0.15) is 18.1 Å². The van der Waals surface area contributed by atoms with Crippen LogP contribution in [0.3, 0.4) is 0 Å². The molecule has 0 unspecified atom stereocenters. The summed E-state index contributed by atoms with van der Waals surface area (Å²) in [7, 11) is 0. The minimum atomic E-state index is -0.185. The lowest BCUT2D eigenvalue weighted by Gasteiger charge is -2.36. The molecule has 1 aliphatic heterocycles. The Balaban J connectivity index is 1.47. The van der Waals surface area contributed by atoms with Crippen LogP contribution in [0.4, 0.5) is 27.5 Å². The predicted molar refractivity (Wildman–Crippen MR) is 114 cm³/mol. The monoisotopic (exact) mass is 392 g/mol. The third-order valence-corrected chi connectivity index (χ3v) is 5.30. The summed E-state index contributed by atoms with van der Waals surface area (Å²) in [5.41, 5.74) is 4.13. The van der Waals surface area contributed by atoms with Crippen LogP contribution in [-0.4, -0.2) is 41.4 Å². The predicted octanol–water partition coefficient (Wildman–Crippen LogP) is 3.95. The van der Waals surface area contributed by atoms with Crippen LogP contribution in [0.5, 0.6) is 0 Å². The van der Waals surface area contributed by atoms with Crippen molar-refractivity contribution >= 4 is 23.1 Å². The third-order valence-electron chi connectivity index (χ3n) is 5.30. The van der Waals surface area contributed by atoms with Crippen molar-refractivity contribution in [3.05, 3.63) is 65.6 Å². The average molecular weight is 392 g/mol. The maximum Gasteiger partial charge on any atom is 0.247 e.